The first-order valence-corrected chi connectivity index (χ1v) is 10.7. The largest absolute Gasteiger partial charge is 0.444 e. The van der Waals surface area contributed by atoms with E-state index in [9.17, 15) is 4.79 Å². The van der Waals surface area contributed by atoms with Crippen LogP contribution in [0, 0.1) is 12.3 Å². The minimum atomic E-state index is -0.509. The molecule has 156 valence electrons. The zero-order chi connectivity index (χ0) is 21.0. The van der Waals surface area contributed by atoms with Crippen molar-refractivity contribution in [2.24, 2.45) is 5.41 Å². The van der Waals surface area contributed by atoms with Crippen molar-refractivity contribution in [2.75, 3.05) is 13.1 Å². The third-order valence-electron chi connectivity index (χ3n) is 6.18. The van der Waals surface area contributed by atoms with Crippen LogP contribution in [0.25, 0.3) is 0 Å². The third-order valence-corrected chi connectivity index (χ3v) is 6.92. The number of aryl methyl sites for hydroxylation is 1. The predicted molar refractivity (Wildman–Crippen MR) is 115 cm³/mol. The standard InChI is InChI=1S/C22H27Cl2N3O2/c1-15-10-25-27(11-15)14-21-12-22(21,16-5-6-17(23)18(24)9-16)7-8-26(13-21)19(28)29-20(2,3)4/h5-6,9-11H,7-8,12-14H2,1-4H3. The van der Waals surface area contributed by atoms with E-state index in [4.69, 9.17) is 27.9 Å². The van der Waals surface area contributed by atoms with Crippen LogP contribution in [0.3, 0.4) is 0 Å². The molecule has 0 spiro atoms. The number of ether oxygens (including phenoxy) is 1. The van der Waals surface area contributed by atoms with Gasteiger partial charge in [-0.3, -0.25) is 4.68 Å². The molecule has 1 aromatic carbocycles. The molecule has 7 heteroatoms. The molecule has 1 aromatic heterocycles. The quantitative estimate of drug-likeness (QED) is 0.641. The molecule has 0 radical (unpaired) electrons. The van der Waals surface area contributed by atoms with Gasteiger partial charge in [0, 0.05) is 36.7 Å². The van der Waals surface area contributed by atoms with Crippen LogP contribution in [0.1, 0.15) is 44.7 Å². The second-order valence-electron chi connectivity index (χ2n) is 9.54. The SMILES string of the molecule is Cc1cnn(CC23CN(C(=O)OC(C)(C)C)CCC2(c2ccc(Cl)c(Cl)c2)C3)c1. The van der Waals surface area contributed by atoms with Crippen molar-refractivity contribution >= 4 is 29.3 Å². The molecule has 29 heavy (non-hydrogen) atoms. The molecule has 1 amide bonds. The third kappa shape index (κ3) is 3.75. The summed E-state index contributed by atoms with van der Waals surface area (Å²) in [5.41, 5.74) is 1.68. The van der Waals surface area contributed by atoms with Gasteiger partial charge in [-0.05, 0) is 63.8 Å². The lowest BCUT2D eigenvalue weighted by molar-refractivity contribution is 0.0123. The monoisotopic (exact) mass is 435 g/mol. The Labute approximate surface area is 181 Å². The fraction of sp³-hybridized carbons (Fsp3) is 0.545. The Morgan fingerprint density at radius 2 is 2.03 bits per heavy atom. The number of benzene rings is 1. The van der Waals surface area contributed by atoms with Gasteiger partial charge in [-0.2, -0.15) is 5.10 Å². The highest BCUT2D eigenvalue weighted by Gasteiger charge is 2.70. The average Bonchev–Trinajstić information content (AvgIpc) is 3.12. The first-order chi connectivity index (χ1) is 13.5. The van der Waals surface area contributed by atoms with Crippen molar-refractivity contribution in [2.45, 2.75) is 58.1 Å². The van der Waals surface area contributed by atoms with Gasteiger partial charge >= 0.3 is 6.09 Å². The highest BCUT2D eigenvalue weighted by molar-refractivity contribution is 6.42. The maximum atomic E-state index is 12.8. The zero-order valence-electron chi connectivity index (χ0n) is 17.3. The molecule has 2 aliphatic rings. The number of hydrogen-bond acceptors (Lipinski definition) is 3. The maximum Gasteiger partial charge on any atom is 0.410 e. The van der Waals surface area contributed by atoms with E-state index in [1.54, 1.807) is 0 Å². The summed E-state index contributed by atoms with van der Waals surface area (Å²) in [5, 5.41) is 5.64. The van der Waals surface area contributed by atoms with Crippen LogP contribution in [0.15, 0.2) is 30.6 Å². The molecular formula is C22H27Cl2N3O2. The summed E-state index contributed by atoms with van der Waals surface area (Å²) in [6.45, 7) is 9.78. The van der Waals surface area contributed by atoms with E-state index in [-0.39, 0.29) is 16.9 Å². The Kier molecular flexibility index (Phi) is 4.90. The Balaban J connectivity index is 1.65. The molecule has 2 atom stereocenters. The molecule has 2 aromatic rings. The summed E-state index contributed by atoms with van der Waals surface area (Å²) < 4.78 is 7.64. The van der Waals surface area contributed by atoms with E-state index >= 15 is 0 Å². The number of rotatable bonds is 3. The van der Waals surface area contributed by atoms with Gasteiger partial charge in [-0.1, -0.05) is 29.3 Å². The van der Waals surface area contributed by atoms with E-state index < -0.39 is 5.60 Å². The predicted octanol–water partition coefficient (Wildman–Crippen LogP) is 5.47. The number of carbonyl (C=O) groups excluding carboxylic acids is 1. The molecule has 2 unspecified atom stereocenters. The van der Waals surface area contributed by atoms with Crippen molar-refractivity contribution in [1.29, 1.82) is 0 Å². The molecule has 1 aliphatic carbocycles. The van der Waals surface area contributed by atoms with Crippen LogP contribution in [0.2, 0.25) is 10.0 Å². The molecule has 4 rings (SSSR count). The van der Waals surface area contributed by atoms with Gasteiger partial charge in [-0.15, -0.1) is 0 Å². The Morgan fingerprint density at radius 3 is 2.66 bits per heavy atom. The number of aromatic nitrogens is 2. The van der Waals surface area contributed by atoms with Crippen LogP contribution in [-0.4, -0.2) is 39.5 Å². The Morgan fingerprint density at radius 1 is 1.28 bits per heavy atom. The average molecular weight is 436 g/mol. The van der Waals surface area contributed by atoms with Crippen molar-refractivity contribution in [3.05, 3.63) is 51.8 Å². The second kappa shape index (κ2) is 6.92. The molecular weight excluding hydrogens is 409 g/mol. The minimum absolute atomic E-state index is 0.0282. The van der Waals surface area contributed by atoms with Crippen molar-refractivity contribution < 1.29 is 9.53 Å². The van der Waals surface area contributed by atoms with Crippen molar-refractivity contribution in [3.63, 3.8) is 0 Å². The number of piperidine rings is 1. The summed E-state index contributed by atoms with van der Waals surface area (Å²) in [6.07, 6.45) is 5.52. The number of carbonyl (C=O) groups is 1. The molecule has 1 saturated carbocycles. The van der Waals surface area contributed by atoms with E-state index in [1.165, 1.54) is 5.56 Å². The number of likely N-dealkylation sites (tertiary alicyclic amines) is 1. The topological polar surface area (TPSA) is 47.4 Å². The van der Waals surface area contributed by atoms with Gasteiger partial charge in [0.1, 0.15) is 5.60 Å². The second-order valence-corrected chi connectivity index (χ2v) is 10.3. The summed E-state index contributed by atoms with van der Waals surface area (Å²) >= 11 is 12.5. The van der Waals surface area contributed by atoms with Crippen molar-refractivity contribution in [1.82, 2.24) is 14.7 Å². The smallest absolute Gasteiger partial charge is 0.410 e. The van der Waals surface area contributed by atoms with Gasteiger partial charge in [0.15, 0.2) is 0 Å². The van der Waals surface area contributed by atoms with Gasteiger partial charge < -0.3 is 9.64 Å². The highest BCUT2D eigenvalue weighted by Crippen LogP contribution is 2.69. The van der Waals surface area contributed by atoms with Crippen LogP contribution in [-0.2, 0) is 16.7 Å². The lowest BCUT2D eigenvalue weighted by Gasteiger charge is -2.39. The van der Waals surface area contributed by atoms with Gasteiger partial charge in [0.25, 0.3) is 0 Å². The number of hydrogen-bond donors (Lipinski definition) is 0. The van der Waals surface area contributed by atoms with Crippen LogP contribution < -0.4 is 0 Å². The molecule has 0 N–H and O–H groups in total. The van der Waals surface area contributed by atoms with Crippen molar-refractivity contribution in [3.8, 4) is 0 Å². The van der Waals surface area contributed by atoms with Crippen LogP contribution in [0.4, 0.5) is 4.79 Å². The van der Waals surface area contributed by atoms with E-state index in [0.29, 0.717) is 23.1 Å². The lowest BCUT2D eigenvalue weighted by Crippen LogP contribution is -2.48. The Bertz CT molecular complexity index is 952. The number of fused-ring (bicyclic) bond motifs is 1. The summed E-state index contributed by atoms with van der Waals surface area (Å²) in [7, 11) is 0. The van der Waals surface area contributed by atoms with Crippen LogP contribution >= 0.6 is 23.2 Å². The molecule has 1 saturated heterocycles. The molecule has 2 fully saturated rings. The first-order valence-electron chi connectivity index (χ1n) is 9.96. The number of nitrogens with zero attached hydrogens (tertiary/aromatic N) is 3. The molecule has 5 nitrogen and oxygen atoms in total. The highest BCUT2D eigenvalue weighted by atomic mass is 35.5. The number of halogens is 2. The van der Waals surface area contributed by atoms with Gasteiger partial charge in [0.2, 0.25) is 0 Å². The summed E-state index contributed by atoms with van der Waals surface area (Å²) in [6, 6.07) is 5.94. The fourth-order valence-corrected chi connectivity index (χ4v) is 5.11. The number of amides is 1. The summed E-state index contributed by atoms with van der Waals surface area (Å²) in [4.78, 5) is 14.6. The van der Waals surface area contributed by atoms with Crippen LogP contribution in [0.5, 0.6) is 0 Å². The normalized spacial score (nSPS) is 26.2. The first kappa shape index (κ1) is 20.5. The molecule has 2 heterocycles. The maximum absolute atomic E-state index is 12.8. The zero-order valence-corrected chi connectivity index (χ0v) is 18.8. The van der Waals surface area contributed by atoms with Gasteiger partial charge in [-0.25, -0.2) is 4.79 Å². The van der Waals surface area contributed by atoms with E-state index in [0.717, 1.165) is 24.9 Å². The van der Waals surface area contributed by atoms with E-state index in [1.807, 2.05) is 55.6 Å². The minimum Gasteiger partial charge on any atom is -0.444 e. The van der Waals surface area contributed by atoms with Gasteiger partial charge in [0.05, 0.1) is 16.2 Å². The molecule has 0 bridgehead atoms. The fourth-order valence-electron chi connectivity index (χ4n) is 4.81. The van der Waals surface area contributed by atoms with E-state index in [2.05, 4.69) is 17.4 Å². The summed E-state index contributed by atoms with van der Waals surface area (Å²) in [5.74, 6) is 0. The molecule has 1 aliphatic heterocycles. The Hall–Kier alpha value is -1.72. The lowest BCUT2D eigenvalue weighted by atomic mass is 9.80.